The number of carboxylic acid groups (broad SMARTS) is 2. The van der Waals surface area contributed by atoms with Crippen LogP contribution in [0.4, 0.5) is 31.4 Å². The molecule has 0 aliphatic heterocycles. The monoisotopic (exact) mass is 1860 g/mol. The van der Waals surface area contributed by atoms with Crippen molar-refractivity contribution in [1.29, 1.82) is 0 Å². The van der Waals surface area contributed by atoms with E-state index in [9.17, 15) is 39.0 Å². The Morgan fingerprint density at radius 2 is 0.536 bits per heavy atom. The fourth-order valence-corrected chi connectivity index (χ4v) is 20.0. The molecule has 3 aliphatic rings. The van der Waals surface area contributed by atoms with E-state index in [2.05, 4.69) is 75.1 Å². The van der Waals surface area contributed by atoms with Gasteiger partial charge < -0.3 is 61.0 Å². The molecule has 0 heterocycles. The van der Waals surface area contributed by atoms with Crippen molar-refractivity contribution < 1.29 is 72.4 Å². The van der Waals surface area contributed by atoms with E-state index in [1.54, 1.807) is 4.90 Å². The Morgan fingerprint density at radius 1 is 0.279 bits per heavy atom. The zero-order valence-electron chi connectivity index (χ0n) is 76.8. The molecule has 8 amide bonds. The number of nitrogens with one attached hydrogen (secondary N) is 5. The van der Waals surface area contributed by atoms with Crippen LogP contribution in [0.15, 0.2) is 370 Å². The fraction of sp³-hybridized carbons (Fsp3) is 0.188. The normalized spacial score (nSPS) is 15.9. The Bertz CT molecular complexity index is 6840. The maximum Gasteiger partial charge on any atom is 0.346 e. The molecule has 0 radical (unpaired) electrons. The molecule has 140 heavy (non-hydrogen) atoms. The molecule has 0 spiro atoms. The molecule has 17 rings (SSSR count). The molecule has 0 bridgehead atoms. The van der Waals surface area contributed by atoms with Crippen LogP contribution < -0.4 is 26.6 Å². The molecule has 0 aromatic heterocycles. The number of fused-ring (bicyclic) bond motifs is 3. The highest BCUT2D eigenvalue weighted by Gasteiger charge is 2.44. The third-order valence-corrected chi connectivity index (χ3v) is 26.6. The van der Waals surface area contributed by atoms with E-state index in [1.165, 1.54) is 18.2 Å². The van der Waals surface area contributed by atoms with E-state index >= 15 is 24.0 Å². The number of benzene rings is 14. The van der Waals surface area contributed by atoms with Crippen molar-refractivity contribution in [3.05, 3.63) is 481 Å². The lowest BCUT2D eigenvalue weighted by Crippen LogP contribution is -2.53. The van der Waals surface area contributed by atoms with Crippen LogP contribution in [0.25, 0.3) is 0 Å². The number of carbonyl (C=O) groups is 11. The van der Waals surface area contributed by atoms with Crippen molar-refractivity contribution >= 4 is 82.8 Å². The summed E-state index contributed by atoms with van der Waals surface area (Å²) in [5, 5.41) is 36.0. The van der Waals surface area contributed by atoms with Crippen LogP contribution in [-0.4, -0.2) is 103 Å². The first-order valence-corrected chi connectivity index (χ1v) is 47.1. The summed E-state index contributed by atoms with van der Waals surface area (Å²) in [4.78, 5) is 169. The SMILES string of the molecule is O=C(Nc1ccc(C(=O)OC(=O)c2ccc(NC(=O)N(Cc3ccccc3)C3c4ccccc4CCC3Cc3ccccc3)cc2C(=O)OC(=O)c2ccc(NC(=O)NC(Cc3ccccc3)C(=O)N(Cc3ccccc3)C3c4ccccc4CCC3Cc3ccccc3)cc2C(=O)O)c(C(=O)O)c1)NC(Cc1ccccc1)C(=O)N(Cc1ccccc1)C1c2ccccc2CCC1Cc1ccccc1. The molecule has 23 heteroatoms. The van der Waals surface area contributed by atoms with Crippen LogP contribution in [-0.2, 0) is 90.1 Å². The van der Waals surface area contributed by atoms with E-state index in [0.717, 1.165) is 146 Å². The first-order chi connectivity index (χ1) is 68.2. The second-order valence-electron chi connectivity index (χ2n) is 35.8. The van der Waals surface area contributed by atoms with Crippen molar-refractivity contribution in [3.63, 3.8) is 0 Å². The van der Waals surface area contributed by atoms with Gasteiger partial charge in [-0.25, -0.2) is 43.2 Å². The number of anilines is 3. The van der Waals surface area contributed by atoms with Crippen LogP contribution in [0.2, 0.25) is 0 Å². The predicted octanol–water partition coefficient (Wildman–Crippen LogP) is 21.3. The summed E-state index contributed by atoms with van der Waals surface area (Å²) in [6.45, 7) is 0.436. The average Bonchev–Trinajstić information content (AvgIpc) is 0.775. The number of amides is 8. The molecular weight excluding hydrogens is 1760 g/mol. The minimum atomic E-state index is -1.72. The van der Waals surface area contributed by atoms with Gasteiger partial charge in [0, 0.05) is 49.5 Å². The highest BCUT2D eigenvalue weighted by molar-refractivity contribution is 6.15. The maximum absolute atomic E-state index is 16.0. The number of ether oxygens (including phenoxy) is 2. The lowest BCUT2D eigenvalue weighted by Gasteiger charge is -2.43. The number of urea groups is 3. The molecule has 0 fully saturated rings. The molecule has 14 aromatic carbocycles. The van der Waals surface area contributed by atoms with Gasteiger partial charge in [-0.05, 0) is 208 Å². The van der Waals surface area contributed by atoms with Gasteiger partial charge in [0.2, 0.25) is 11.8 Å². The summed E-state index contributed by atoms with van der Waals surface area (Å²) in [5.41, 5.74) is 8.28. The second-order valence-corrected chi connectivity index (χ2v) is 35.8. The molecule has 8 atom stereocenters. The van der Waals surface area contributed by atoms with Crippen LogP contribution in [0.1, 0.15) is 177 Å². The Morgan fingerprint density at radius 3 is 0.857 bits per heavy atom. The van der Waals surface area contributed by atoms with Crippen LogP contribution in [0, 0.1) is 17.8 Å². The Labute approximate surface area is 811 Å². The van der Waals surface area contributed by atoms with Gasteiger partial charge in [-0.15, -0.1) is 0 Å². The third kappa shape index (κ3) is 23.2. The highest BCUT2D eigenvalue weighted by atomic mass is 16.6. The van der Waals surface area contributed by atoms with Gasteiger partial charge >= 0.3 is 53.9 Å². The van der Waals surface area contributed by atoms with Crippen molar-refractivity contribution in [3.8, 4) is 0 Å². The number of hydrogen-bond acceptors (Lipinski definition) is 13. The van der Waals surface area contributed by atoms with E-state index < -0.39 is 129 Å². The molecule has 23 nitrogen and oxygen atoms in total. The topological polar surface area (TPSA) is 317 Å². The number of carboxylic acids is 2. The largest absolute Gasteiger partial charge is 0.478 e. The van der Waals surface area contributed by atoms with Gasteiger partial charge in [-0.2, -0.15) is 0 Å². The molecule has 702 valence electrons. The van der Waals surface area contributed by atoms with E-state index in [4.69, 9.17) is 9.47 Å². The first-order valence-electron chi connectivity index (χ1n) is 47.1. The third-order valence-electron chi connectivity index (χ3n) is 26.6. The van der Waals surface area contributed by atoms with Crippen molar-refractivity contribution in [2.24, 2.45) is 17.8 Å². The van der Waals surface area contributed by atoms with Gasteiger partial charge in [-0.3, -0.25) is 9.59 Å². The van der Waals surface area contributed by atoms with Gasteiger partial charge in [0.25, 0.3) is 0 Å². The summed E-state index contributed by atoms with van der Waals surface area (Å²) in [6.07, 6.45) is 6.51. The zero-order valence-corrected chi connectivity index (χ0v) is 76.8. The molecule has 0 saturated heterocycles. The number of aryl methyl sites for hydroxylation is 3. The van der Waals surface area contributed by atoms with Crippen LogP contribution in [0.5, 0.6) is 0 Å². The van der Waals surface area contributed by atoms with Gasteiger partial charge in [-0.1, -0.05) is 315 Å². The minimum Gasteiger partial charge on any atom is -0.478 e. The quantitative estimate of drug-likeness (QED) is 0.0152. The van der Waals surface area contributed by atoms with Crippen molar-refractivity contribution in [2.45, 2.75) is 120 Å². The highest BCUT2D eigenvalue weighted by Crippen LogP contribution is 2.46. The minimum absolute atomic E-state index is 0.0345. The van der Waals surface area contributed by atoms with Crippen molar-refractivity contribution in [2.75, 3.05) is 16.0 Å². The van der Waals surface area contributed by atoms with Crippen LogP contribution in [0.3, 0.4) is 0 Å². The summed E-state index contributed by atoms with van der Waals surface area (Å²) in [6, 6.07) is 104. The number of esters is 4. The zero-order chi connectivity index (χ0) is 97.0. The molecule has 0 saturated carbocycles. The summed E-state index contributed by atoms with van der Waals surface area (Å²) in [5.74, 6) is -10.8. The van der Waals surface area contributed by atoms with Gasteiger partial charge in [0.15, 0.2) is 0 Å². The number of rotatable bonds is 32. The fourth-order valence-electron chi connectivity index (χ4n) is 20.0. The number of aromatic carboxylic acids is 2. The van der Waals surface area contributed by atoms with Gasteiger partial charge in [0.1, 0.15) is 12.1 Å². The van der Waals surface area contributed by atoms with E-state index in [-0.39, 0.29) is 67.3 Å². The smallest absolute Gasteiger partial charge is 0.346 e. The summed E-state index contributed by atoms with van der Waals surface area (Å²) >= 11 is 0. The number of nitrogens with zero attached hydrogens (tertiary/aromatic N) is 3. The average molecular weight is 1860 g/mol. The first kappa shape index (κ1) is 94.8. The lowest BCUT2D eigenvalue weighted by atomic mass is 9.75. The summed E-state index contributed by atoms with van der Waals surface area (Å²) < 4.78 is 11.0. The molecule has 14 aromatic rings. The molecular formula is C117H104N8O15. The van der Waals surface area contributed by atoms with E-state index in [1.807, 2.05) is 277 Å². The summed E-state index contributed by atoms with van der Waals surface area (Å²) in [7, 11) is 0. The maximum atomic E-state index is 16.0. The molecule has 7 N–H and O–H groups in total. The lowest BCUT2D eigenvalue weighted by molar-refractivity contribution is -0.138. The van der Waals surface area contributed by atoms with Gasteiger partial charge in [0.05, 0.1) is 51.5 Å². The van der Waals surface area contributed by atoms with E-state index in [0.29, 0.717) is 25.7 Å². The molecule has 8 unspecified atom stereocenters. The Hall–Kier alpha value is -17.0. The predicted molar refractivity (Wildman–Crippen MR) is 533 cm³/mol. The second kappa shape index (κ2) is 44.7. The Kier molecular flexibility index (Phi) is 30.3. The van der Waals surface area contributed by atoms with Crippen molar-refractivity contribution in [1.82, 2.24) is 25.3 Å². The number of hydrogen-bond donors (Lipinski definition) is 7. The molecule has 3 aliphatic carbocycles. The standard InChI is InChI=1S/C117H104N8O15/c126-107(123(73-81-41-19-6-20-42-81)104-87(65-76-31-9-1-10-32-76)56-53-84-47-25-28-50-93(84)104)102(68-79-37-15-4-16-38-79)121-115(136)118-90-59-62-96(99(70-90)109(128)129)111(132)139-113(134)98-64-61-92(120-117(138)125(75-83-45-23-8-24-46-83)106-89(67-78-35-13-3-14-36-78)58-55-86-49-27-30-52-95(86)106)72-101(98)114(135)140-112(133)97-63-60-91(71-100(97)110(130)131)119-116(137)122-103(69-80-39-17-5-18-40-80)108(127)124(74-82-43-21-7-22-44-82)105-88(66-77-33-11-2-12-34-77)57-54-85-48-26-29-51-94(85)105/h1-52,59-64,70-72,87-89,102-106H,53-58,65-69,73-75H2,(H,120,138)(H,128,129)(H,130,131)(H2,118,121,136)(H2,119,122,137). The number of carbonyl (C=O) groups excluding carboxylic acids is 9. The van der Waals surface area contributed by atoms with Crippen LogP contribution >= 0.6 is 0 Å². The Balaban J connectivity index is 0.657.